The highest BCUT2D eigenvalue weighted by Crippen LogP contribution is 2.26. The Hall–Kier alpha value is -3.32. The number of amides is 1. The van der Waals surface area contributed by atoms with Gasteiger partial charge in [0.15, 0.2) is 16.5 Å². The maximum absolute atomic E-state index is 12.2. The minimum Gasteiger partial charge on any atom is -0.493 e. The molecule has 0 bridgehead atoms. The van der Waals surface area contributed by atoms with Gasteiger partial charge < -0.3 is 14.8 Å². The number of carbonyl (C=O) groups excluding carboxylic acids is 1. The number of thiazole rings is 1. The molecular weight excluding hydrogens is 374 g/mol. The van der Waals surface area contributed by atoms with Crippen LogP contribution in [0.15, 0.2) is 66.3 Å². The van der Waals surface area contributed by atoms with Crippen LogP contribution in [0.4, 0.5) is 5.69 Å². The van der Waals surface area contributed by atoms with Crippen LogP contribution in [-0.2, 0) is 4.79 Å². The van der Waals surface area contributed by atoms with Gasteiger partial charge in [-0.2, -0.15) is 0 Å². The average molecular weight is 393 g/mol. The van der Waals surface area contributed by atoms with E-state index in [1.807, 2.05) is 70.7 Å². The number of hydrogen-bond acceptors (Lipinski definition) is 5. The van der Waals surface area contributed by atoms with Gasteiger partial charge in [-0.25, -0.2) is 4.98 Å². The van der Waals surface area contributed by atoms with Gasteiger partial charge in [-0.1, -0.05) is 24.3 Å². The second-order valence-corrected chi connectivity index (χ2v) is 6.97. The molecule has 4 aromatic rings. The Bertz CT molecular complexity index is 1060. The first kappa shape index (κ1) is 18.1. The molecule has 7 heteroatoms. The molecule has 142 valence electrons. The highest BCUT2D eigenvalue weighted by atomic mass is 32.1. The molecule has 4 rings (SSSR count). The Labute approximate surface area is 166 Å². The van der Waals surface area contributed by atoms with E-state index < -0.39 is 0 Å². The zero-order valence-electron chi connectivity index (χ0n) is 15.3. The van der Waals surface area contributed by atoms with Crippen molar-refractivity contribution in [1.82, 2.24) is 9.38 Å². The number of carbonyl (C=O) groups is 1. The molecule has 0 aliphatic carbocycles. The summed E-state index contributed by atoms with van der Waals surface area (Å²) in [5.74, 6) is 1.17. The van der Waals surface area contributed by atoms with Crippen LogP contribution in [-0.4, -0.2) is 29.0 Å². The van der Waals surface area contributed by atoms with E-state index >= 15 is 0 Å². The first-order chi connectivity index (χ1) is 13.7. The van der Waals surface area contributed by atoms with Crippen molar-refractivity contribution in [3.8, 4) is 22.8 Å². The second-order valence-electron chi connectivity index (χ2n) is 6.09. The normalized spacial score (nSPS) is 10.8. The standard InChI is InChI=1S/C21H19N3O3S/c1-26-18-4-2-3-5-19(18)27-12-10-20(25)22-16-8-6-15(7-9-16)17-14-24-11-13-28-21(24)23-17/h2-9,11,13-14H,10,12H2,1H3,(H,22,25). The van der Waals surface area contributed by atoms with Crippen LogP contribution in [0.2, 0.25) is 0 Å². The number of benzene rings is 2. The first-order valence-corrected chi connectivity index (χ1v) is 9.69. The Balaban J connectivity index is 1.31. The van der Waals surface area contributed by atoms with Crippen LogP contribution in [0.25, 0.3) is 16.2 Å². The molecule has 0 spiro atoms. The van der Waals surface area contributed by atoms with Gasteiger partial charge in [0.2, 0.25) is 5.91 Å². The van der Waals surface area contributed by atoms with Crippen LogP contribution in [0.1, 0.15) is 6.42 Å². The minimum absolute atomic E-state index is 0.106. The number of para-hydroxylation sites is 2. The fraction of sp³-hybridized carbons (Fsp3) is 0.143. The lowest BCUT2D eigenvalue weighted by molar-refractivity contribution is -0.116. The summed E-state index contributed by atoms with van der Waals surface area (Å²) in [5.41, 5.74) is 2.66. The van der Waals surface area contributed by atoms with E-state index in [1.165, 1.54) is 0 Å². The quantitative estimate of drug-likeness (QED) is 0.503. The highest BCUT2D eigenvalue weighted by molar-refractivity contribution is 7.15. The first-order valence-electron chi connectivity index (χ1n) is 8.81. The molecule has 0 aliphatic heterocycles. The van der Waals surface area contributed by atoms with Crippen molar-refractivity contribution < 1.29 is 14.3 Å². The number of rotatable bonds is 7. The van der Waals surface area contributed by atoms with Crippen LogP contribution in [0, 0.1) is 0 Å². The van der Waals surface area contributed by atoms with Gasteiger partial charge in [-0.05, 0) is 24.3 Å². The maximum Gasteiger partial charge on any atom is 0.227 e. The number of methoxy groups -OCH3 is 1. The van der Waals surface area contributed by atoms with E-state index in [-0.39, 0.29) is 18.9 Å². The molecule has 2 heterocycles. The predicted octanol–water partition coefficient (Wildman–Crippen LogP) is 4.48. The Morgan fingerprint density at radius 2 is 1.93 bits per heavy atom. The Morgan fingerprint density at radius 3 is 2.68 bits per heavy atom. The third-order valence-corrected chi connectivity index (χ3v) is 4.98. The lowest BCUT2D eigenvalue weighted by Crippen LogP contribution is -2.15. The summed E-state index contributed by atoms with van der Waals surface area (Å²) in [6, 6.07) is 15.0. The Kier molecular flexibility index (Phi) is 5.25. The molecule has 0 fully saturated rings. The highest BCUT2D eigenvalue weighted by Gasteiger charge is 2.08. The van der Waals surface area contributed by atoms with E-state index in [1.54, 1.807) is 18.4 Å². The van der Waals surface area contributed by atoms with Crippen molar-refractivity contribution in [1.29, 1.82) is 0 Å². The van der Waals surface area contributed by atoms with Crippen molar-refractivity contribution in [2.75, 3.05) is 19.0 Å². The SMILES string of the molecule is COc1ccccc1OCCC(=O)Nc1ccc(-c2cn3ccsc3n2)cc1. The number of nitrogens with zero attached hydrogens (tertiary/aromatic N) is 2. The van der Waals surface area contributed by atoms with Gasteiger partial charge in [-0.3, -0.25) is 9.20 Å². The van der Waals surface area contributed by atoms with Crippen LogP contribution in [0.5, 0.6) is 11.5 Å². The van der Waals surface area contributed by atoms with Gasteiger partial charge in [0.1, 0.15) is 0 Å². The number of fused-ring (bicyclic) bond motifs is 1. The van der Waals surface area contributed by atoms with Crippen molar-refractivity contribution in [3.63, 3.8) is 0 Å². The molecular formula is C21H19N3O3S. The summed E-state index contributed by atoms with van der Waals surface area (Å²) in [4.78, 5) is 17.7. The summed E-state index contributed by atoms with van der Waals surface area (Å²) < 4.78 is 12.9. The zero-order chi connectivity index (χ0) is 19.3. The van der Waals surface area contributed by atoms with E-state index in [4.69, 9.17) is 9.47 Å². The lowest BCUT2D eigenvalue weighted by atomic mass is 10.1. The third-order valence-electron chi connectivity index (χ3n) is 4.21. The van der Waals surface area contributed by atoms with Crippen molar-refractivity contribution in [3.05, 3.63) is 66.3 Å². The third kappa shape index (κ3) is 3.99. The zero-order valence-corrected chi connectivity index (χ0v) is 16.1. The van der Waals surface area contributed by atoms with Gasteiger partial charge in [-0.15, -0.1) is 11.3 Å². The molecule has 0 atom stereocenters. The summed E-state index contributed by atoms with van der Waals surface area (Å²) in [6.07, 6.45) is 4.23. The van der Waals surface area contributed by atoms with E-state index in [2.05, 4.69) is 10.3 Å². The van der Waals surface area contributed by atoms with E-state index in [0.29, 0.717) is 11.5 Å². The van der Waals surface area contributed by atoms with E-state index in [9.17, 15) is 4.79 Å². The van der Waals surface area contributed by atoms with Crippen molar-refractivity contribution in [2.24, 2.45) is 0 Å². The maximum atomic E-state index is 12.2. The molecule has 2 aromatic carbocycles. The monoisotopic (exact) mass is 393 g/mol. The minimum atomic E-state index is -0.106. The molecule has 6 nitrogen and oxygen atoms in total. The molecule has 1 N–H and O–H groups in total. The summed E-state index contributed by atoms with van der Waals surface area (Å²) >= 11 is 1.60. The molecule has 2 aromatic heterocycles. The molecule has 0 saturated carbocycles. The fourth-order valence-corrected chi connectivity index (χ4v) is 3.51. The van der Waals surface area contributed by atoms with Crippen molar-refractivity contribution in [2.45, 2.75) is 6.42 Å². The van der Waals surface area contributed by atoms with Crippen LogP contribution in [0.3, 0.4) is 0 Å². The number of imidazole rings is 1. The molecule has 1 amide bonds. The summed E-state index contributed by atoms with van der Waals surface area (Å²) in [6.45, 7) is 0.273. The van der Waals surface area contributed by atoms with Gasteiger partial charge >= 0.3 is 0 Å². The van der Waals surface area contributed by atoms with E-state index in [0.717, 1.165) is 21.9 Å². The van der Waals surface area contributed by atoms with Crippen LogP contribution >= 0.6 is 11.3 Å². The number of anilines is 1. The molecule has 28 heavy (non-hydrogen) atoms. The molecule has 0 aliphatic rings. The predicted molar refractivity (Wildman–Crippen MR) is 110 cm³/mol. The molecule has 0 saturated heterocycles. The van der Waals surface area contributed by atoms with Gasteiger partial charge in [0, 0.05) is 29.0 Å². The number of hydrogen-bond donors (Lipinski definition) is 1. The summed E-state index contributed by atoms with van der Waals surface area (Å²) in [7, 11) is 1.59. The largest absolute Gasteiger partial charge is 0.493 e. The van der Waals surface area contributed by atoms with Crippen molar-refractivity contribution >= 4 is 27.9 Å². The Morgan fingerprint density at radius 1 is 1.14 bits per heavy atom. The second kappa shape index (κ2) is 8.14. The average Bonchev–Trinajstić information content (AvgIpc) is 3.31. The molecule has 0 radical (unpaired) electrons. The molecule has 0 unspecified atom stereocenters. The van der Waals surface area contributed by atoms with Gasteiger partial charge in [0.05, 0.1) is 25.8 Å². The van der Waals surface area contributed by atoms with Gasteiger partial charge in [0.25, 0.3) is 0 Å². The smallest absolute Gasteiger partial charge is 0.227 e. The van der Waals surface area contributed by atoms with Crippen LogP contribution < -0.4 is 14.8 Å². The fourth-order valence-electron chi connectivity index (χ4n) is 2.81. The summed E-state index contributed by atoms with van der Waals surface area (Å²) in [5, 5.41) is 4.89. The lowest BCUT2D eigenvalue weighted by Gasteiger charge is -2.10. The topological polar surface area (TPSA) is 64.9 Å². The number of ether oxygens (including phenoxy) is 2. The number of aromatic nitrogens is 2. The number of nitrogens with one attached hydrogen (secondary N) is 1.